The van der Waals surface area contributed by atoms with Crippen LogP contribution in [0.5, 0.6) is 0 Å². The molecule has 1 unspecified atom stereocenters. The average molecular weight is 495 g/mol. The molecule has 0 saturated heterocycles. The van der Waals surface area contributed by atoms with Gasteiger partial charge in [-0.15, -0.1) is 0 Å². The predicted octanol–water partition coefficient (Wildman–Crippen LogP) is 5.74. The van der Waals surface area contributed by atoms with Crippen molar-refractivity contribution in [1.82, 2.24) is 10.2 Å². The molecule has 3 aromatic carbocycles. The minimum absolute atomic E-state index is 0.0253. The third-order valence-corrected chi connectivity index (χ3v) is 6.74. The van der Waals surface area contributed by atoms with Crippen molar-refractivity contribution in [1.29, 1.82) is 0 Å². The summed E-state index contributed by atoms with van der Waals surface area (Å²) in [7, 11) is 0. The van der Waals surface area contributed by atoms with Crippen LogP contribution in [0.25, 0.3) is 0 Å². The molecular weight excluding hydrogens is 464 g/mol. The Morgan fingerprint density at radius 3 is 2.12 bits per heavy atom. The van der Waals surface area contributed by atoms with Gasteiger partial charge in [-0.05, 0) is 35.7 Å². The van der Waals surface area contributed by atoms with E-state index in [0.29, 0.717) is 36.7 Å². The summed E-state index contributed by atoms with van der Waals surface area (Å²) in [5.74, 6) is 1.39. The molecule has 0 aliphatic carbocycles. The molecule has 3 rings (SSSR count). The van der Waals surface area contributed by atoms with E-state index in [9.17, 15) is 9.59 Å². The number of amides is 2. The smallest absolute Gasteiger partial charge is 0.243 e. The summed E-state index contributed by atoms with van der Waals surface area (Å²) >= 11 is 7.79. The molecule has 4 nitrogen and oxygen atoms in total. The van der Waals surface area contributed by atoms with Crippen LogP contribution in [-0.2, 0) is 28.3 Å². The van der Waals surface area contributed by atoms with Gasteiger partial charge in [0.2, 0.25) is 11.8 Å². The Labute approximate surface area is 211 Å². The van der Waals surface area contributed by atoms with E-state index in [0.717, 1.165) is 16.9 Å². The van der Waals surface area contributed by atoms with Crippen molar-refractivity contribution in [2.75, 3.05) is 12.3 Å². The van der Waals surface area contributed by atoms with Crippen LogP contribution in [-0.4, -0.2) is 35.1 Å². The van der Waals surface area contributed by atoms with Crippen LogP contribution in [0, 0.1) is 0 Å². The zero-order valence-electron chi connectivity index (χ0n) is 19.5. The van der Waals surface area contributed by atoms with Crippen LogP contribution in [0.4, 0.5) is 0 Å². The molecule has 0 fully saturated rings. The third kappa shape index (κ3) is 8.23. The van der Waals surface area contributed by atoms with Crippen molar-refractivity contribution in [2.24, 2.45) is 0 Å². The maximum atomic E-state index is 13.5. The summed E-state index contributed by atoms with van der Waals surface area (Å²) in [5, 5.41) is 3.57. The fourth-order valence-corrected chi connectivity index (χ4v) is 4.72. The second-order valence-electron chi connectivity index (χ2n) is 8.04. The standard InChI is InChI=1S/C28H31ClN2O2S/c1-2-30-28(33)26(19-22-9-5-3-6-10-22)31(20-23-13-15-25(29)16-14-23)27(32)17-18-34-21-24-11-7-4-8-12-24/h3-16,26H,2,17-21H2,1H3,(H,30,33). The van der Waals surface area contributed by atoms with E-state index in [4.69, 9.17) is 11.6 Å². The molecule has 0 aliphatic rings. The first-order valence-corrected chi connectivity index (χ1v) is 13.1. The maximum absolute atomic E-state index is 13.5. The Hall–Kier alpha value is -2.76. The summed E-state index contributed by atoms with van der Waals surface area (Å²) in [6, 6.07) is 26.9. The van der Waals surface area contributed by atoms with Gasteiger partial charge in [-0.25, -0.2) is 0 Å². The minimum atomic E-state index is -0.593. The molecular formula is C28H31ClN2O2S. The van der Waals surface area contributed by atoms with Crippen molar-refractivity contribution in [3.63, 3.8) is 0 Å². The molecule has 178 valence electrons. The number of carbonyl (C=O) groups is 2. The van der Waals surface area contributed by atoms with Crippen LogP contribution in [0.15, 0.2) is 84.9 Å². The van der Waals surface area contributed by atoms with Gasteiger partial charge in [0.05, 0.1) is 0 Å². The first-order chi connectivity index (χ1) is 16.6. The van der Waals surface area contributed by atoms with Gasteiger partial charge in [-0.1, -0.05) is 84.4 Å². The number of hydrogen-bond donors (Lipinski definition) is 1. The summed E-state index contributed by atoms with van der Waals surface area (Å²) in [4.78, 5) is 28.3. The summed E-state index contributed by atoms with van der Waals surface area (Å²) in [6.07, 6.45) is 0.832. The van der Waals surface area contributed by atoms with E-state index in [1.807, 2.05) is 79.7 Å². The largest absolute Gasteiger partial charge is 0.355 e. The highest BCUT2D eigenvalue weighted by atomic mass is 35.5. The molecule has 0 spiro atoms. The molecule has 1 atom stereocenters. The van der Waals surface area contributed by atoms with E-state index in [1.165, 1.54) is 5.56 Å². The molecule has 6 heteroatoms. The molecule has 0 radical (unpaired) electrons. The van der Waals surface area contributed by atoms with Gasteiger partial charge in [-0.2, -0.15) is 11.8 Å². The Kier molecular flexibility index (Phi) is 10.5. The Morgan fingerprint density at radius 2 is 1.50 bits per heavy atom. The molecule has 0 saturated carbocycles. The van der Waals surface area contributed by atoms with Gasteiger partial charge in [0.15, 0.2) is 0 Å². The molecule has 0 bridgehead atoms. The number of halogens is 1. The molecule has 0 aromatic heterocycles. The lowest BCUT2D eigenvalue weighted by Gasteiger charge is -2.31. The van der Waals surface area contributed by atoms with Crippen molar-refractivity contribution in [2.45, 2.75) is 38.1 Å². The topological polar surface area (TPSA) is 49.4 Å². The Morgan fingerprint density at radius 1 is 0.882 bits per heavy atom. The summed E-state index contributed by atoms with van der Waals surface area (Å²) in [5.41, 5.74) is 3.20. The van der Waals surface area contributed by atoms with E-state index < -0.39 is 6.04 Å². The highest BCUT2D eigenvalue weighted by molar-refractivity contribution is 7.98. The van der Waals surface area contributed by atoms with Gasteiger partial charge in [-0.3, -0.25) is 9.59 Å². The first kappa shape index (κ1) is 25.9. The maximum Gasteiger partial charge on any atom is 0.243 e. The van der Waals surface area contributed by atoms with Gasteiger partial charge < -0.3 is 10.2 Å². The van der Waals surface area contributed by atoms with Crippen LogP contribution < -0.4 is 5.32 Å². The van der Waals surface area contributed by atoms with Gasteiger partial charge >= 0.3 is 0 Å². The van der Waals surface area contributed by atoms with Crippen LogP contribution in [0.2, 0.25) is 5.02 Å². The van der Waals surface area contributed by atoms with Gasteiger partial charge in [0.1, 0.15) is 6.04 Å². The predicted molar refractivity (Wildman–Crippen MR) is 142 cm³/mol. The summed E-state index contributed by atoms with van der Waals surface area (Å²) in [6.45, 7) is 2.76. The van der Waals surface area contributed by atoms with Crippen LogP contribution in [0.3, 0.4) is 0 Å². The number of hydrogen-bond acceptors (Lipinski definition) is 3. The number of thioether (sulfide) groups is 1. The Bertz CT molecular complexity index is 1030. The quantitative estimate of drug-likeness (QED) is 0.327. The zero-order chi connectivity index (χ0) is 24.2. The fourth-order valence-electron chi connectivity index (χ4n) is 3.70. The summed E-state index contributed by atoms with van der Waals surface area (Å²) < 4.78 is 0. The second-order valence-corrected chi connectivity index (χ2v) is 9.58. The molecule has 0 heterocycles. The van der Waals surface area contributed by atoms with Gasteiger partial charge in [0, 0.05) is 42.5 Å². The monoisotopic (exact) mass is 494 g/mol. The lowest BCUT2D eigenvalue weighted by atomic mass is 10.0. The number of likely N-dealkylation sites (N-methyl/N-ethyl adjacent to an activating group) is 1. The van der Waals surface area contributed by atoms with Crippen LogP contribution in [0.1, 0.15) is 30.0 Å². The number of nitrogens with one attached hydrogen (secondary N) is 1. The van der Waals surface area contributed by atoms with Gasteiger partial charge in [0.25, 0.3) is 0 Å². The number of benzene rings is 3. The minimum Gasteiger partial charge on any atom is -0.355 e. The van der Waals surface area contributed by atoms with E-state index >= 15 is 0 Å². The first-order valence-electron chi connectivity index (χ1n) is 11.5. The molecule has 3 aromatic rings. The van der Waals surface area contributed by atoms with Crippen molar-refractivity contribution < 1.29 is 9.59 Å². The van der Waals surface area contributed by atoms with Crippen molar-refractivity contribution in [3.05, 3.63) is 107 Å². The fraction of sp³-hybridized carbons (Fsp3) is 0.286. The van der Waals surface area contributed by atoms with Crippen LogP contribution >= 0.6 is 23.4 Å². The van der Waals surface area contributed by atoms with Crippen molar-refractivity contribution >= 4 is 35.2 Å². The average Bonchev–Trinajstić information content (AvgIpc) is 2.86. The van der Waals surface area contributed by atoms with Crippen molar-refractivity contribution in [3.8, 4) is 0 Å². The molecule has 0 aliphatic heterocycles. The third-order valence-electron chi connectivity index (χ3n) is 5.46. The lowest BCUT2D eigenvalue weighted by Crippen LogP contribution is -2.50. The number of carbonyl (C=O) groups excluding carboxylic acids is 2. The van der Waals surface area contributed by atoms with E-state index in [1.54, 1.807) is 16.7 Å². The van der Waals surface area contributed by atoms with E-state index in [-0.39, 0.29) is 11.8 Å². The normalized spacial score (nSPS) is 11.6. The SMILES string of the molecule is CCNC(=O)C(Cc1ccccc1)N(Cc1ccc(Cl)cc1)C(=O)CCSCc1ccccc1. The Balaban J connectivity index is 1.76. The molecule has 2 amide bonds. The number of rotatable bonds is 12. The molecule has 34 heavy (non-hydrogen) atoms. The lowest BCUT2D eigenvalue weighted by molar-refractivity contribution is -0.140. The highest BCUT2D eigenvalue weighted by Crippen LogP contribution is 2.19. The molecule has 1 N–H and O–H groups in total. The number of nitrogens with zero attached hydrogens (tertiary/aromatic N) is 1. The highest BCUT2D eigenvalue weighted by Gasteiger charge is 2.29. The zero-order valence-corrected chi connectivity index (χ0v) is 21.0. The second kappa shape index (κ2) is 13.8. The van der Waals surface area contributed by atoms with E-state index in [2.05, 4.69) is 17.4 Å².